The molecule has 1 heterocycles. The maximum absolute atomic E-state index is 5.81. The summed E-state index contributed by atoms with van der Waals surface area (Å²) in [5.41, 5.74) is 9.28. The molecule has 0 radical (unpaired) electrons. The van der Waals surface area contributed by atoms with Gasteiger partial charge in [0.25, 0.3) is 0 Å². The molecule has 0 atom stereocenters. The molecule has 1 aromatic heterocycles. The van der Waals surface area contributed by atoms with E-state index < -0.39 is 0 Å². The van der Waals surface area contributed by atoms with Crippen molar-refractivity contribution in [2.75, 3.05) is 13.1 Å². The molecule has 1 saturated carbocycles. The predicted octanol–water partition coefficient (Wildman–Crippen LogP) is 1.67. The van der Waals surface area contributed by atoms with Crippen molar-refractivity contribution in [3.05, 3.63) is 16.1 Å². The molecule has 4 heteroatoms. The quantitative estimate of drug-likeness (QED) is 0.801. The first-order valence-electron chi connectivity index (χ1n) is 5.55. The molecule has 1 aliphatic rings. The smallest absolute Gasteiger partial charge is 0.0798 e. The number of thiazole rings is 1. The van der Waals surface area contributed by atoms with Crippen molar-refractivity contribution >= 4 is 11.3 Å². The third-order valence-corrected chi connectivity index (χ3v) is 4.41. The number of aromatic nitrogens is 1. The Balaban J connectivity index is 1.77. The van der Waals surface area contributed by atoms with Gasteiger partial charge < -0.3 is 11.1 Å². The minimum atomic E-state index is 0.401. The van der Waals surface area contributed by atoms with Crippen LogP contribution < -0.4 is 11.1 Å². The largest absolute Gasteiger partial charge is 0.330 e. The Morgan fingerprint density at radius 3 is 2.87 bits per heavy atom. The maximum Gasteiger partial charge on any atom is 0.0798 e. The Labute approximate surface area is 95.1 Å². The van der Waals surface area contributed by atoms with Gasteiger partial charge in [-0.1, -0.05) is 6.42 Å². The highest BCUT2D eigenvalue weighted by Gasteiger charge is 2.34. The number of hydrogen-bond acceptors (Lipinski definition) is 4. The SMILES string of the molecule is Cc1ncsc1CNCC1(CN)CCC1. The molecule has 0 amide bonds. The number of nitrogens with two attached hydrogens (primary N) is 1. The lowest BCUT2D eigenvalue weighted by Gasteiger charge is -2.41. The first-order chi connectivity index (χ1) is 7.26. The van der Waals surface area contributed by atoms with Crippen molar-refractivity contribution in [2.45, 2.75) is 32.7 Å². The van der Waals surface area contributed by atoms with Crippen molar-refractivity contribution in [3.63, 3.8) is 0 Å². The van der Waals surface area contributed by atoms with Crippen LogP contribution in [0.1, 0.15) is 29.8 Å². The zero-order chi connectivity index (χ0) is 10.7. The van der Waals surface area contributed by atoms with Crippen LogP contribution >= 0.6 is 11.3 Å². The summed E-state index contributed by atoms with van der Waals surface area (Å²) < 4.78 is 0. The minimum absolute atomic E-state index is 0.401. The van der Waals surface area contributed by atoms with Crippen molar-refractivity contribution in [2.24, 2.45) is 11.1 Å². The Kier molecular flexibility index (Phi) is 3.38. The van der Waals surface area contributed by atoms with Crippen LogP contribution in [-0.4, -0.2) is 18.1 Å². The summed E-state index contributed by atoms with van der Waals surface area (Å²) in [4.78, 5) is 5.59. The standard InChI is InChI=1S/C11H19N3S/c1-9-10(15-8-14-9)5-13-7-11(6-12)3-2-4-11/h8,13H,2-7,12H2,1H3. The lowest BCUT2D eigenvalue weighted by molar-refractivity contribution is 0.141. The Morgan fingerprint density at radius 1 is 1.60 bits per heavy atom. The molecule has 0 saturated heterocycles. The first kappa shape index (κ1) is 11.0. The number of nitrogens with one attached hydrogen (secondary N) is 1. The van der Waals surface area contributed by atoms with E-state index in [-0.39, 0.29) is 0 Å². The summed E-state index contributed by atoms with van der Waals surface area (Å²) in [6.45, 7) is 4.89. The molecule has 1 aliphatic carbocycles. The van der Waals surface area contributed by atoms with Gasteiger partial charge in [0, 0.05) is 18.0 Å². The van der Waals surface area contributed by atoms with Crippen molar-refractivity contribution in [1.82, 2.24) is 10.3 Å². The van der Waals surface area contributed by atoms with E-state index in [1.165, 1.54) is 24.1 Å². The molecule has 0 aromatic carbocycles. The highest BCUT2D eigenvalue weighted by atomic mass is 32.1. The van der Waals surface area contributed by atoms with Crippen LogP contribution in [0.15, 0.2) is 5.51 Å². The van der Waals surface area contributed by atoms with Gasteiger partial charge in [-0.25, -0.2) is 4.98 Å². The molecule has 84 valence electrons. The molecular weight excluding hydrogens is 206 g/mol. The highest BCUT2D eigenvalue weighted by molar-refractivity contribution is 7.09. The summed E-state index contributed by atoms with van der Waals surface area (Å²) in [6, 6.07) is 0. The van der Waals surface area contributed by atoms with E-state index in [4.69, 9.17) is 5.73 Å². The van der Waals surface area contributed by atoms with Gasteiger partial charge in [-0.05, 0) is 31.7 Å². The van der Waals surface area contributed by atoms with E-state index in [1.54, 1.807) is 11.3 Å². The van der Waals surface area contributed by atoms with Gasteiger partial charge in [0.15, 0.2) is 0 Å². The van der Waals surface area contributed by atoms with Gasteiger partial charge >= 0.3 is 0 Å². The molecule has 0 bridgehead atoms. The normalized spacial score (nSPS) is 18.8. The zero-order valence-corrected chi connectivity index (χ0v) is 10.1. The lowest BCUT2D eigenvalue weighted by atomic mass is 9.69. The summed E-state index contributed by atoms with van der Waals surface area (Å²) in [5, 5.41) is 3.51. The van der Waals surface area contributed by atoms with E-state index >= 15 is 0 Å². The first-order valence-corrected chi connectivity index (χ1v) is 6.43. The average Bonchev–Trinajstić information content (AvgIpc) is 2.57. The average molecular weight is 225 g/mol. The number of rotatable bonds is 5. The van der Waals surface area contributed by atoms with Crippen molar-refractivity contribution in [1.29, 1.82) is 0 Å². The van der Waals surface area contributed by atoms with Crippen LogP contribution in [-0.2, 0) is 6.54 Å². The molecule has 0 unspecified atom stereocenters. The van der Waals surface area contributed by atoms with E-state index in [0.717, 1.165) is 25.3 Å². The number of aryl methyl sites for hydroxylation is 1. The van der Waals surface area contributed by atoms with Gasteiger partial charge in [-0.2, -0.15) is 0 Å². The fourth-order valence-corrected chi connectivity index (χ4v) is 2.81. The van der Waals surface area contributed by atoms with Crippen LogP contribution in [0.4, 0.5) is 0 Å². The molecule has 0 spiro atoms. The monoisotopic (exact) mass is 225 g/mol. The second-order valence-corrected chi connectivity index (χ2v) is 5.46. The Hall–Kier alpha value is -0.450. The lowest BCUT2D eigenvalue weighted by Crippen LogP contribution is -2.45. The molecule has 0 aliphatic heterocycles. The van der Waals surface area contributed by atoms with Crippen LogP contribution in [0.2, 0.25) is 0 Å². The maximum atomic E-state index is 5.81. The second-order valence-electron chi connectivity index (χ2n) is 4.52. The van der Waals surface area contributed by atoms with E-state index in [2.05, 4.69) is 17.2 Å². The summed E-state index contributed by atoms with van der Waals surface area (Å²) in [6.07, 6.45) is 3.93. The van der Waals surface area contributed by atoms with Crippen LogP contribution in [0, 0.1) is 12.3 Å². The fraction of sp³-hybridized carbons (Fsp3) is 0.727. The summed E-state index contributed by atoms with van der Waals surface area (Å²) in [7, 11) is 0. The third-order valence-electron chi connectivity index (χ3n) is 3.48. The number of nitrogens with zero attached hydrogens (tertiary/aromatic N) is 1. The van der Waals surface area contributed by atoms with Gasteiger partial charge in [-0.15, -0.1) is 11.3 Å². The zero-order valence-electron chi connectivity index (χ0n) is 9.25. The van der Waals surface area contributed by atoms with E-state index in [0.29, 0.717) is 5.41 Å². The molecule has 3 N–H and O–H groups in total. The highest BCUT2D eigenvalue weighted by Crippen LogP contribution is 2.39. The van der Waals surface area contributed by atoms with Crippen LogP contribution in [0.25, 0.3) is 0 Å². The molecule has 2 rings (SSSR count). The summed E-state index contributed by atoms with van der Waals surface area (Å²) >= 11 is 1.73. The minimum Gasteiger partial charge on any atom is -0.330 e. The topological polar surface area (TPSA) is 50.9 Å². The van der Waals surface area contributed by atoms with Gasteiger partial charge in [0.05, 0.1) is 11.2 Å². The Bertz CT molecular complexity index is 312. The van der Waals surface area contributed by atoms with E-state index in [9.17, 15) is 0 Å². The van der Waals surface area contributed by atoms with Gasteiger partial charge in [0.1, 0.15) is 0 Å². The van der Waals surface area contributed by atoms with Gasteiger partial charge in [0.2, 0.25) is 0 Å². The molecular formula is C11H19N3S. The van der Waals surface area contributed by atoms with Crippen LogP contribution in [0.3, 0.4) is 0 Å². The molecule has 3 nitrogen and oxygen atoms in total. The Morgan fingerprint density at radius 2 is 2.40 bits per heavy atom. The number of hydrogen-bond donors (Lipinski definition) is 2. The van der Waals surface area contributed by atoms with E-state index in [1.807, 2.05) is 5.51 Å². The predicted molar refractivity (Wildman–Crippen MR) is 63.9 cm³/mol. The van der Waals surface area contributed by atoms with Crippen LogP contribution in [0.5, 0.6) is 0 Å². The molecule has 1 aromatic rings. The van der Waals surface area contributed by atoms with Crippen molar-refractivity contribution < 1.29 is 0 Å². The third kappa shape index (κ3) is 2.38. The fourth-order valence-electron chi connectivity index (χ4n) is 2.07. The summed E-state index contributed by atoms with van der Waals surface area (Å²) in [5.74, 6) is 0. The van der Waals surface area contributed by atoms with Gasteiger partial charge in [-0.3, -0.25) is 0 Å². The van der Waals surface area contributed by atoms with Crippen molar-refractivity contribution in [3.8, 4) is 0 Å². The molecule has 15 heavy (non-hydrogen) atoms. The molecule has 1 fully saturated rings. The second kappa shape index (κ2) is 4.60.